The van der Waals surface area contributed by atoms with Crippen molar-refractivity contribution in [1.29, 1.82) is 0 Å². The molecule has 0 aliphatic heterocycles. The average molecular weight is 281 g/mol. The highest BCUT2D eigenvalue weighted by Gasteiger charge is 2.32. The molecule has 1 atom stereocenters. The van der Waals surface area contributed by atoms with Crippen LogP contribution in [0.5, 0.6) is 0 Å². The molecule has 1 unspecified atom stereocenters. The molecule has 0 amide bonds. The maximum atomic E-state index is 10.5. The van der Waals surface area contributed by atoms with Crippen LogP contribution < -0.4 is 5.32 Å². The molecule has 1 aliphatic carbocycles. The third-order valence-corrected chi connectivity index (χ3v) is 4.40. The van der Waals surface area contributed by atoms with Crippen molar-refractivity contribution in [3.8, 4) is 0 Å². The Kier molecular flexibility index (Phi) is 5.57. The molecule has 0 saturated heterocycles. The number of aromatic nitrogens is 2. The topological polar surface area (TPSA) is 70.3 Å². The van der Waals surface area contributed by atoms with Gasteiger partial charge in [0.25, 0.3) is 0 Å². The van der Waals surface area contributed by atoms with Crippen LogP contribution in [0.15, 0.2) is 18.5 Å². The standard InChI is InChI=1S/C15H27N3O2/c1-2-13-4-6-15(20,7-5-13)12-16-10-14(19)11-18-9-3-8-17-18/h3,8-9,13-14,16,19-20H,2,4-7,10-12H2,1H3. The van der Waals surface area contributed by atoms with Gasteiger partial charge in [0.15, 0.2) is 0 Å². The Morgan fingerprint density at radius 3 is 2.80 bits per heavy atom. The van der Waals surface area contributed by atoms with Gasteiger partial charge in [-0.1, -0.05) is 13.3 Å². The molecule has 1 aromatic rings. The van der Waals surface area contributed by atoms with Crippen molar-refractivity contribution in [3.63, 3.8) is 0 Å². The van der Waals surface area contributed by atoms with Gasteiger partial charge in [-0.2, -0.15) is 5.10 Å². The Morgan fingerprint density at radius 1 is 1.45 bits per heavy atom. The first-order valence-electron chi connectivity index (χ1n) is 7.70. The minimum absolute atomic E-state index is 0.481. The molecule has 0 spiro atoms. The van der Waals surface area contributed by atoms with Crippen LogP contribution in [0.3, 0.4) is 0 Å². The van der Waals surface area contributed by atoms with Gasteiger partial charge in [0.1, 0.15) is 0 Å². The van der Waals surface area contributed by atoms with Crippen LogP contribution in [0.1, 0.15) is 39.0 Å². The minimum Gasteiger partial charge on any atom is -0.390 e. The highest BCUT2D eigenvalue weighted by molar-refractivity contribution is 4.87. The summed E-state index contributed by atoms with van der Waals surface area (Å²) < 4.78 is 1.72. The first kappa shape index (κ1) is 15.5. The first-order chi connectivity index (χ1) is 9.61. The fourth-order valence-electron chi connectivity index (χ4n) is 2.96. The van der Waals surface area contributed by atoms with Crippen LogP contribution in [0.4, 0.5) is 0 Å². The summed E-state index contributed by atoms with van der Waals surface area (Å²) >= 11 is 0. The van der Waals surface area contributed by atoms with Crippen molar-refractivity contribution in [2.75, 3.05) is 13.1 Å². The Morgan fingerprint density at radius 2 is 2.20 bits per heavy atom. The van der Waals surface area contributed by atoms with Gasteiger partial charge in [-0.15, -0.1) is 0 Å². The highest BCUT2D eigenvalue weighted by atomic mass is 16.3. The molecule has 0 radical (unpaired) electrons. The predicted octanol–water partition coefficient (Wildman–Crippen LogP) is 1.16. The Balaban J connectivity index is 1.65. The summed E-state index contributed by atoms with van der Waals surface area (Å²) in [6, 6.07) is 1.84. The van der Waals surface area contributed by atoms with Crippen LogP contribution in [-0.2, 0) is 6.54 Å². The summed E-state index contributed by atoms with van der Waals surface area (Å²) in [7, 11) is 0. The Labute approximate surface area is 121 Å². The number of hydrogen-bond donors (Lipinski definition) is 3. The molecule has 1 fully saturated rings. The van der Waals surface area contributed by atoms with Gasteiger partial charge >= 0.3 is 0 Å². The highest BCUT2D eigenvalue weighted by Crippen LogP contribution is 2.33. The van der Waals surface area contributed by atoms with Gasteiger partial charge in [-0.3, -0.25) is 4.68 Å². The second-order valence-electron chi connectivity index (χ2n) is 6.09. The van der Waals surface area contributed by atoms with Gasteiger partial charge < -0.3 is 15.5 Å². The summed E-state index contributed by atoms with van der Waals surface area (Å²) in [6.45, 7) is 3.76. The third-order valence-electron chi connectivity index (χ3n) is 4.40. The second kappa shape index (κ2) is 7.20. The lowest BCUT2D eigenvalue weighted by Gasteiger charge is -2.36. The van der Waals surface area contributed by atoms with Gasteiger partial charge in [-0.05, 0) is 37.7 Å². The molecule has 1 saturated carbocycles. The molecule has 114 valence electrons. The zero-order valence-corrected chi connectivity index (χ0v) is 12.3. The smallest absolute Gasteiger partial charge is 0.0860 e. The van der Waals surface area contributed by atoms with Crippen molar-refractivity contribution >= 4 is 0 Å². The van der Waals surface area contributed by atoms with Crippen LogP contribution in [0.25, 0.3) is 0 Å². The maximum Gasteiger partial charge on any atom is 0.0860 e. The van der Waals surface area contributed by atoms with E-state index in [2.05, 4.69) is 17.3 Å². The molecule has 5 nitrogen and oxygen atoms in total. The minimum atomic E-state index is -0.586. The molecule has 3 N–H and O–H groups in total. The number of aliphatic hydroxyl groups excluding tert-OH is 1. The lowest BCUT2D eigenvalue weighted by atomic mass is 9.78. The van der Waals surface area contributed by atoms with E-state index in [-0.39, 0.29) is 0 Å². The molecule has 0 bridgehead atoms. The van der Waals surface area contributed by atoms with E-state index < -0.39 is 11.7 Å². The molecule has 20 heavy (non-hydrogen) atoms. The number of hydrogen-bond acceptors (Lipinski definition) is 4. The molecule has 1 aliphatic rings. The van der Waals surface area contributed by atoms with Crippen LogP contribution in [0.2, 0.25) is 0 Å². The quantitative estimate of drug-likeness (QED) is 0.701. The van der Waals surface area contributed by atoms with Crippen molar-refractivity contribution in [3.05, 3.63) is 18.5 Å². The van der Waals surface area contributed by atoms with Crippen molar-refractivity contribution in [2.24, 2.45) is 5.92 Å². The van der Waals surface area contributed by atoms with Gasteiger partial charge in [0.2, 0.25) is 0 Å². The average Bonchev–Trinajstić information content (AvgIpc) is 2.92. The summed E-state index contributed by atoms with van der Waals surface area (Å²) in [5.74, 6) is 0.778. The van der Waals surface area contributed by atoms with Gasteiger partial charge in [0.05, 0.1) is 18.2 Å². The number of aliphatic hydroxyl groups is 2. The lowest BCUT2D eigenvalue weighted by molar-refractivity contribution is -0.0108. The lowest BCUT2D eigenvalue weighted by Crippen LogP contribution is -2.45. The molecular formula is C15H27N3O2. The summed E-state index contributed by atoms with van der Waals surface area (Å²) in [6.07, 6.45) is 8.24. The zero-order valence-electron chi connectivity index (χ0n) is 12.3. The molecule has 1 aromatic heterocycles. The predicted molar refractivity (Wildman–Crippen MR) is 78.3 cm³/mol. The monoisotopic (exact) mass is 281 g/mol. The van der Waals surface area contributed by atoms with E-state index in [1.165, 1.54) is 6.42 Å². The van der Waals surface area contributed by atoms with Crippen molar-refractivity contribution in [2.45, 2.75) is 57.3 Å². The van der Waals surface area contributed by atoms with E-state index in [1.807, 2.05) is 12.3 Å². The normalized spacial score (nSPS) is 28.4. The van der Waals surface area contributed by atoms with E-state index in [0.29, 0.717) is 19.6 Å². The molecule has 5 heteroatoms. The van der Waals surface area contributed by atoms with Crippen LogP contribution in [-0.4, -0.2) is 44.8 Å². The number of nitrogens with one attached hydrogen (secondary N) is 1. The number of nitrogens with zero attached hydrogens (tertiary/aromatic N) is 2. The fourth-order valence-corrected chi connectivity index (χ4v) is 2.96. The van der Waals surface area contributed by atoms with Crippen LogP contribution >= 0.6 is 0 Å². The zero-order chi connectivity index (χ0) is 14.4. The van der Waals surface area contributed by atoms with E-state index in [1.54, 1.807) is 10.9 Å². The molecule has 1 heterocycles. The second-order valence-corrected chi connectivity index (χ2v) is 6.09. The van der Waals surface area contributed by atoms with Crippen molar-refractivity contribution < 1.29 is 10.2 Å². The van der Waals surface area contributed by atoms with E-state index in [0.717, 1.165) is 31.6 Å². The first-order valence-corrected chi connectivity index (χ1v) is 7.70. The molecule has 0 aromatic carbocycles. The van der Waals surface area contributed by atoms with E-state index in [4.69, 9.17) is 0 Å². The Bertz CT molecular complexity index is 372. The largest absolute Gasteiger partial charge is 0.390 e. The van der Waals surface area contributed by atoms with Crippen LogP contribution in [0, 0.1) is 5.92 Å². The maximum absolute atomic E-state index is 10.5. The molecule has 2 rings (SSSR count). The van der Waals surface area contributed by atoms with Crippen molar-refractivity contribution in [1.82, 2.24) is 15.1 Å². The summed E-state index contributed by atoms with van der Waals surface area (Å²) in [4.78, 5) is 0. The SMILES string of the molecule is CCC1CCC(O)(CNCC(O)Cn2cccn2)CC1. The fraction of sp³-hybridized carbons (Fsp3) is 0.800. The summed E-state index contributed by atoms with van der Waals surface area (Å²) in [5, 5.41) is 27.7. The van der Waals surface area contributed by atoms with Gasteiger partial charge in [0, 0.05) is 25.5 Å². The third kappa shape index (κ3) is 4.58. The summed E-state index contributed by atoms with van der Waals surface area (Å²) in [5.41, 5.74) is -0.586. The van der Waals surface area contributed by atoms with E-state index in [9.17, 15) is 10.2 Å². The number of rotatable bonds is 7. The Hall–Kier alpha value is -0.910. The molecular weight excluding hydrogens is 254 g/mol. The van der Waals surface area contributed by atoms with Gasteiger partial charge in [-0.25, -0.2) is 0 Å². The van der Waals surface area contributed by atoms with E-state index >= 15 is 0 Å².